The first-order valence-corrected chi connectivity index (χ1v) is 11.3. The van der Waals surface area contributed by atoms with Crippen LogP contribution in [0.25, 0.3) is 22.8 Å². The number of hydrogen-bond acceptors (Lipinski definition) is 5. The minimum absolute atomic E-state index is 0.135. The molecule has 0 bridgehead atoms. The maximum atomic E-state index is 13.1. The van der Waals surface area contributed by atoms with Crippen LogP contribution < -0.4 is 10.6 Å². The third-order valence-electron chi connectivity index (χ3n) is 5.49. The molecule has 2 N–H and O–H groups in total. The molecule has 0 saturated carbocycles. The zero-order valence-corrected chi connectivity index (χ0v) is 19.4. The molecule has 0 unspecified atom stereocenters. The number of aryl methyl sites for hydroxylation is 1. The van der Waals surface area contributed by atoms with Gasteiger partial charge in [0.25, 0.3) is 11.8 Å². The highest BCUT2D eigenvalue weighted by atomic mass is 16.4. The van der Waals surface area contributed by atoms with Crippen LogP contribution in [0.3, 0.4) is 0 Å². The van der Waals surface area contributed by atoms with Crippen LogP contribution in [0, 0.1) is 6.92 Å². The summed E-state index contributed by atoms with van der Waals surface area (Å²) in [6.07, 6.45) is 1.60. The van der Waals surface area contributed by atoms with Crippen LogP contribution >= 0.6 is 0 Å². The van der Waals surface area contributed by atoms with Gasteiger partial charge < -0.3 is 15.1 Å². The molecule has 0 spiro atoms. The summed E-state index contributed by atoms with van der Waals surface area (Å²) < 4.78 is 6.07. The lowest BCUT2D eigenvalue weighted by molar-refractivity contribution is 0.101. The molecule has 2 aromatic heterocycles. The van der Waals surface area contributed by atoms with Crippen LogP contribution in [0.1, 0.15) is 26.4 Å². The van der Waals surface area contributed by atoms with Crippen LogP contribution in [-0.4, -0.2) is 21.8 Å². The molecule has 0 fully saturated rings. The van der Waals surface area contributed by atoms with Crippen molar-refractivity contribution in [2.45, 2.75) is 6.92 Å². The number of nitrogens with one attached hydrogen (secondary N) is 2. The van der Waals surface area contributed by atoms with E-state index in [2.05, 4.69) is 20.6 Å². The largest absolute Gasteiger partial charge is 0.435 e. The van der Waals surface area contributed by atoms with Crippen molar-refractivity contribution in [1.29, 1.82) is 0 Å². The molecule has 0 radical (unpaired) electrons. The van der Waals surface area contributed by atoms with Crippen molar-refractivity contribution in [3.63, 3.8) is 0 Å². The number of nitrogens with zero attached hydrogens (tertiary/aromatic N) is 2. The highest BCUT2D eigenvalue weighted by molar-refractivity contribution is 6.07. The molecule has 0 saturated heterocycles. The molecule has 3 aromatic carbocycles. The zero-order valence-electron chi connectivity index (χ0n) is 19.4. The predicted molar refractivity (Wildman–Crippen MR) is 139 cm³/mol. The first-order valence-electron chi connectivity index (χ1n) is 11.3. The van der Waals surface area contributed by atoms with Gasteiger partial charge >= 0.3 is 0 Å². The molecule has 7 heteroatoms. The van der Waals surface area contributed by atoms with Crippen LogP contribution in [0.5, 0.6) is 0 Å². The van der Waals surface area contributed by atoms with Crippen molar-refractivity contribution >= 4 is 23.3 Å². The fourth-order valence-electron chi connectivity index (χ4n) is 3.60. The van der Waals surface area contributed by atoms with Gasteiger partial charge in [-0.1, -0.05) is 42.0 Å². The van der Waals surface area contributed by atoms with E-state index in [0.717, 1.165) is 11.1 Å². The highest BCUT2D eigenvalue weighted by Crippen LogP contribution is 2.31. The Hall–Kier alpha value is -5.04. The first-order chi connectivity index (χ1) is 17.6. The molecular weight excluding hydrogens is 452 g/mol. The second-order valence-corrected chi connectivity index (χ2v) is 8.13. The summed E-state index contributed by atoms with van der Waals surface area (Å²) in [5.41, 5.74) is 3.80. The number of aromatic nitrogens is 2. The highest BCUT2D eigenvalue weighted by Gasteiger charge is 2.23. The van der Waals surface area contributed by atoms with Crippen molar-refractivity contribution in [3.05, 3.63) is 120 Å². The van der Waals surface area contributed by atoms with Gasteiger partial charge in [0.2, 0.25) is 5.89 Å². The molecule has 5 rings (SSSR count). The Labute approximate surface area is 207 Å². The Morgan fingerprint density at radius 1 is 0.722 bits per heavy atom. The van der Waals surface area contributed by atoms with E-state index in [0.29, 0.717) is 34.3 Å². The van der Waals surface area contributed by atoms with Gasteiger partial charge in [0.15, 0.2) is 11.5 Å². The van der Waals surface area contributed by atoms with Crippen molar-refractivity contribution in [3.8, 4) is 22.8 Å². The van der Waals surface area contributed by atoms with Gasteiger partial charge in [-0.2, -0.15) is 0 Å². The number of rotatable bonds is 6. The van der Waals surface area contributed by atoms with E-state index in [1.54, 1.807) is 60.8 Å². The molecule has 0 aliphatic carbocycles. The Bertz CT molecular complexity index is 1490. The van der Waals surface area contributed by atoms with Gasteiger partial charge in [0, 0.05) is 28.6 Å². The average molecular weight is 475 g/mol. The van der Waals surface area contributed by atoms with Gasteiger partial charge in [-0.15, -0.1) is 0 Å². The molecule has 2 heterocycles. The van der Waals surface area contributed by atoms with Gasteiger partial charge in [0.05, 0.1) is 0 Å². The van der Waals surface area contributed by atoms with E-state index in [1.165, 1.54) is 0 Å². The van der Waals surface area contributed by atoms with Crippen LogP contribution in [0.15, 0.2) is 108 Å². The zero-order chi connectivity index (χ0) is 24.9. The Morgan fingerprint density at radius 3 is 2.14 bits per heavy atom. The van der Waals surface area contributed by atoms with E-state index >= 15 is 0 Å². The second-order valence-electron chi connectivity index (χ2n) is 8.13. The van der Waals surface area contributed by atoms with E-state index < -0.39 is 5.91 Å². The molecule has 7 nitrogen and oxygen atoms in total. The third-order valence-corrected chi connectivity index (χ3v) is 5.49. The summed E-state index contributed by atoms with van der Waals surface area (Å²) in [4.78, 5) is 34.3. The monoisotopic (exact) mass is 474 g/mol. The molecule has 0 aliphatic heterocycles. The van der Waals surface area contributed by atoms with Gasteiger partial charge in [-0.05, 0) is 67.6 Å². The fourth-order valence-corrected chi connectivity index (χ4v) is 3.60. The number of carbonyl (C=O) groups excluding carboxylic acids is 2. The number of anilines is 2. The van der Waals surface area contributed by atoms with Gasteiger partial charge in [-0.25, -0.2) is 9.97 Å². The lowest BCUT2D eigenvalue weighted by Gasteiger charge is -2.07. The summed E-state index contributed by atoms with van der Waals surface area (Å²) in [6, 6.07) is 29.0. The van der Waals surface area contributed by atoms with Crippen LogP contribution in [-0.2, 0) is 0 Å². The van der Waals surface area contributed by atoms with Crippen molar-refractivity contribution in [2.75, 3.05) is 10.6 Å². The molecule has 0 aliphatic rings. The normalized spacial score (nSPS) is 10.6. The van der Waals surface area contributed by atoms with Crippen molar-refractivity contribution in [2.24, 2.45) is 0 Å². The number of amides is 2. The van der Waals surface area contributed by atoms with Crippen LogP contribution in [0.4, 0.5) is 11.5 Å². The minimum Gasteiger partial charge on any atom is -0.435 e. The lowest BCUT2D eigenvalue weighted by Crippen LogP contribution is -2.14. The average Bonchev–Trinajstić information content (AvgIpc) is 3.36. The number of oxazole rings is 1. The lowest BCUT2D eigenvalue weighted by atomic mass is 10.1. The summed E-state index contributed by atoms with van der Waals surface area (Å²) in [7, 11) is 0. The van der Waals surface area contributed by atoms with Crippen molar-refractivity contribution < 1.29 is 14.0 Å². The quantitative estimate of drug-likeness (QED) is 0.305. The summed E-state index contributed by atoms with van der Waals surface area (Å²) in [5, 5.41) is 5.65. The summed E-state index contributed by atoms with van der Waals surface area (Å²) in [6.45, 7) is 1.97. The molecule has 36 heavy (non-hydrogen) atoms. The number of benzene rings is 3. The van der Waals surface area contributed by atoms with Gasteiger partial charge in [-0.3, -0.25) is 9.59 Å². The third kappa shape index (κ3) is 5.05. The topological polar surface area (TPSA) is 97.1 Å². The first kappa shape index (κ1) is 22.7. The smallest absolute Gasteiger partial charge is 0.279 e. The molecule has 2 amide bonds. The van der Waals surface area contributed by atoms with E-state index in [-0.39, 0.29) is 11.6 Å². The van der Waals surface area contributed by atoms with Gasteiger partial charge in [0.1, 0.15) is 5.82 Å². The van der Waals surface area contributed by atoms with Crippen molar-refractivity contribution in [1.82, 2.24) is 9.97 Å². The van der Waals surface area contributed by atoms with Crippen LogP contribution in [0.2, 0.25) is 0 Å². The number of pyridine rings is 1. The Kier molecular flexibility index (Phi) is 6.36. The fraction of sp³-hybridized carbons (Fsp3) is 0.0345. The van der Waals surface area contributed by atoms with E-state index in [1.807, 2.05) is 49.4 Å². The van der Waals surface area contributed by atoms with E-state index in [4.69, 9.17) is 4.42 Å². The summed E-state index contributed by atoms with van der Waals surface area (Å²) in [5.74, 6) is 0.412. The number of carbonyl (C=O) groups is 2. The molecule has 5 aromatic rings. The Balaban J connectivity index is 1.43. The standard InChI is InChI=1S/C29H22N4O3/c1-19-10-12-21(13-11-19)27(34)31-23-16-14-20(15-17-23)26-25(28(35)32-24-9-5-6-18-30-24)33-29(36-26)22-7-3-2-4-8-22/h2-18H,1H3,(H,31,34)(H,30,32,35). The molecule has 176 valence electrons. The maximum Gasteiger partial charge on any atom is 0.279 e. The maximum absolute atomic E-state index is 13.1. The Morgan fingerprint density at radius 2 is 1.44 bits per heavy atom. The molecular formula is C29H22N4O3. The predicted octanol–water partition coefficient (Wildman–Crippen LogP) is 6.22. The summed E-state index contributed by atoms with van der Waals surface area (Å²) >= 11 is 0. The van der Waals surface area contributed by atoms with E-state index in [9.17, 15) is 9.59 Å². The minimum atomic E-state index is -0.439. The SMILES string of the molecule is Cc1ccc(C(=O)Nc2ccc(-c3oc(-c4ccccc4)nc3C(=O)Nc3ccccn3)cc2)cc1. The molecule has 0 atom stereocenters. The number of hydrogen-bond donors (Lipinski definition) is 2. The second kappa shape index (κ2) is 10.1.